The van der Waals surface area contributed by atoms with E-state index in [1.165, 1.54) is 0 Å². The van der Waals surface area contributed by atoms with Gasteiger partial charge >= 0.3 is 5.97 Å². The third-order valence-corrected chi connectivity index (χ3v) is 15.0. The predicted octanol–water partition coefficient (Wildman–Crippen LogP) is 3.99. The Kier molecular flexibility index (Phi) is 4.39. The molecule has 4 heteroatoms. The molecule has 0 aromatic rings. The second-order valence-electron chi connectivity index (χ2n) is 6.83. The molecule has 0 aromatic heterocycles. The van der Waals surface area contributed by atoms with Crippen LogP contribution in [0.2, 0.25) is 43.9 Å². The van der Waals surface area contributed by atoms with Gasteiger partial charge in [-0.3, -0.25) is 0 Å². The summed E-state index contributed by atoms with van der Waals surface area (Å²) in [5.41, 5.74) is 0.493. The fourth-order valence-electron chi connectivity index (χ4n) is 2.05. The molecule has 16 heavy (non-hydrogen) atoms. The van der Waals surface area contributed by atoms with E-state index in [4.69, 9.17) is 5.11 Å². The first kappa shape index (κ1) is 15.6. The van der Waals surface area contributed by atoms with Crippen LogP contribution in [0.4, 0.5) is 0 Å². The van der Waals surface area contributed by atoms with E-state index >= 15 is 0 Å². The zero-order chi connectivity index (χ0) is 13.4. The minimum Gasteiger partial charge on any atom is -0.478 e. The van der Waals surface area contributed by atoms with E-state index in [2.05, 4.69) is 46.2 Å². The van der Waals surface area contributed by atoms with E-state index in [0.29, 0.717) is 5.57 Å². The highest BCUT2D eigenvalue weighted by Gasteiger charge is 2.47. The summed E-state index contributed by atoms with van der Waals surface area (Å²) in [5.74, 6) is -0.789. The van der Waals surface area contributed by atoms with Crippen LogP contribution in [-0.2, 0) is 4.79 Å². The smallest absolute Gasteiger partial charge is 0.330 e. The standard InChI is InChI=1S/C12H26O2Si2/c1-10(11(13)14)9-12(2,15(3,4)5)16(6,7)8/h9H,1-8H3,(H,13,14)/b10-9+. The minimum absolute atomic E-state index is 0.114. The minimum atomic E-state index is -1.43. The molecule has 0 fully saturated rings. The number of hydrogen-bond acceptors (Lipinski definition) is 1. The lowest BCUT2D eigenvalue weighted by molar-refractivity contribution is -0.132. The molecule has 0 aliphatic carbocycles. The van der Waals surface area contributed by atoms with Crippen molar-refractivity contribution in [2.45, 2.75) is 57.8 Å². The van der Waals surface area contributed by atoms with Gasteiger partial charge in [0.2, 0.25) is 0 Å². The highest BCUT2D eigenvalue weighted by atomic mass is 28.4. The van der Waals surface area contributed by atoms with Gasteiger partial charge in [0.1, 0.15) is 0 Å². The van der Waals surface area contributed by atoms with Crippen molar-refractivity contribution in [3.63, 3.8) is 0 Å². The van der Waals surface area contributed by atoms with Crippen LogP contribution in [0.25, 0.3) is 0 Å². The molecule has 0 atom stereocenters. The third kappa shape index (κ3) is 3.07. The van der Waals surface area contributed by atoms with Crippen LogP contribution in [0.1, 0.15) is 13.8 Å². The van der Waals surface area contributed by atoms with Crippen molar-refractivity contribution in [2.75, 3.05) is 0 Å². The molecule has 0 amide bonds. The molecular weight excluding hydrogens is 232 g/mol. The normalized spacial score (nSPS) is 15.1. The Morgan fingerprint density at radius 3 is 1.56 bits per heavy atom. The van der Waals surface area contributed by atoms with E-state index < -0.39 is 22.1 Å². The van der Waals surface area contributed by atoms with Crippen molar-refractivity contribution in [3.05, 3.63) is 11.6 Å². The molecule has 0 saturated carbocycles. The maximum Gasteiger partial charge on any atom is 0.330 e. The molecule has 2 nitrogen and oxygen atoms in total. The summed E-state index contributed by atoms with van der Waals surface area (Å²) in [6.45, 7) is 18.0. The van der Waals surface area contributed by atoms with Gasteiger partial charge in [-0.15, -0.1) is 0 Å². The van der Waals surface area contributed by atoms with Crippen molar-refractivity contribution >= 4 is 22.1 Å². The molecule has 0 saturated heterocycles. The van der Waals surface area contributed by atoms with Gasteiger partial charge in [0.25, 0.3) is 0 Å². The highest BCUT2D eigenvalue weighted by molar-refractivity contribution is 6.99. The first-order chi connectivity index (χ1) is 6.83. The lowest BCUT2D eigenvalue weighted by atomic mass is 10.2. The van der Waals surface area contributed by atoms with Crippen molar-refractivity contribution in [3.8, 4) is 0 Å². The van der Waals surface area contributed by atoms with Crippen LogP contribution in [0.3, 0.4) is 0 Å². The van der Waals surface area contributed by atoms with Crippen LogP contribution in [0.15, 0.2) is 11.6 Å². The van der Waals surface area contributed by atoms with E-state index in [-0.39, 0.29) is 4.66 Å². The summed E-state index contributed by atoms with van der Waals surface area (Å²) in [7, 11) is -2.87. The quantitative estimate of drug-likeness (QED) is 0.611. The maximum atomic E-state index is 11.0. The molecule has 0 rings (SSSR count). The average molecular weight is 259 g/mol. The van der Waals surface area contributed by atoms with Crippen LogP contribution in [0, 0.1) is 0 Å². The third-order valence-electron chi connectivity index (χ3n) is 3.96. The lowest BCUT2D eigenvalue weighted by Crippen LogP contribution is -2.51. The average Bonchev–Trinajstić information content (AvgIpc) is 1.99. The first-order valence-electron chi connectivity index (χ1n) is 5.76. The predicted molar refractivity (Wildman–Crippen MR) is 76.5 cm³/mol. The van der Waals surface area contributed by atoms with Crippen molar-refractivity contribution in [1.82, 2.24) is 0 Å². The Morgan fingerprint density at radius 1 is 1.06 bits per heavy atom. The number of allylic oxidation sites excluding steroid dienone is 1. The molecule has 0 aliphatic rings. The van der Waals surface area contributed by atoms with Gasteiger partial charge in [0, 0.05) is 5.57 Å². The summed E-state index contributed by atoms with van der Waals surface area (Å²) in [6, 6.07) is 0. The number of carboxylic acids is 1. The summed E-state index contributed by atoms with van der Waals surface area (Å²) in [5, 5.41) is 9.04. The summed E-state index contributed by atoms with van der Waals surface area (Å²) >= 11 is 0. The van der Waals surface area contributed by atoms with Gasteiger partial charge in [0.05, 0.1) is 16.1 Å². The number of carboxylic acid groups (broad SMARTS) is 1. The SMILES string of the molecule is C/C(=C\C(C)([Si](C)(C)C)[Si](C)(C)C)C(=O)O. The first-order valence-corrected chi connectivity index (χ1v) is 12.8. The fraction of sp³-hybridized carbons (Fsp3) is 0.750. The number of rotatable bonds is 4. The second-order valence-corrected chi connectivity index (χ2v) is 18.4. The molecule has 1 N–H and O–H groups in total. The molecule has 94 valence electrons. The fourth-order valence-corrected chi connectivity index (χ4v) is 12.4. The summed E-state index contributed by atoms with van der Waals surface area (Å²) < 4.78 is 0.114. The maximum absolute atomic E-state index is 11.0. The van der Waals surface area contributed by atoms with Gasteiger partial charge < -0.3 is 5.11 Å². The highest BCUT2D eigenvalue weighted by Crippen LogP contribution is 2.48. The van der Waals surface area contributed by atoms with Gasteiger partial charge in [-0.2, -0.15) is 0 Å². The Balaban J connectivity index is 5.64. The Bertz CT molecular complexity index is 292. The molecule has 0 radical (unpaired) electrons. The van der Waals surface area contributed by atoms with E-state index in [9.17, 15) is 4.79 Å². The topological polar surface area (TPSA) is 37.3 Å². The molecule has 0 aromatic carbocycles. The van der Waals surface area contributed by atoms with Crippen molar-refractivity contribution in [1.29, 1.82) is 0 Å². The molecule has 0 unspecified atom stereocenters. The van der Waals surface area contributed by atoms with Gasteiger partial charge in [-0.1, -0.05) is 52.3 Å². The number of aliphatic carboxylic acids is 1. The Hall–Kier alpha value is -0.356. The van der Waals surface area contributed by atoms with Crippen LogP contribution >= 0.6 is 0 Å². The van der Waals surface area contributed by atoms with Crippen LogP contribution in [0.5, 0.6) is 0 Å². The zero-order valence-electron chi connectivity index (χ0n) is 11.9. The summed E-state index contributed by atoms with van der Waals surface area (Å²) in [4.78, 5) is 11.0. The monoisotopic (exact) mass is 258 g/mol. The summed E-state index contributed by atoms with van der Waals surface area (Å²) in [6.07, 6.45) is 2.04. The van der Waals surface area contributed by atoms with Crippen LogP contribution < -0.4 is 0 Å². The van der Waals surface area contributed by atoms with Crippen molar-refractivity contribution in [2.24, 2.45) is 0 Å². The van der Waals surface area contributed by atoms with Crippen LogP contribution in [-0.4, -0.2) is 27.2 Å². The lowest BCUT2D eigenvalue weighted by Gasteiger charge is -2.47. The molecular formula is C12H26O2Si2. The second kappa shape index (κ2) is 4.49. The van der Waals surface area contributed by atoms with Gasteiger partial charge in [-0.25, -0.2) is 4.79 Å². The molecule has 0 bridgehead atoms. The largest absolute Gasteiger partial charge is 0.478 e. The van der Waals surface area contributed by atoms with E-state index in [1.54, 1.807) is 6.92 Å². The van der Waals surface area contributed by atoms with Gasteiger partial charge in [-0.05, 0) is 11.6 Å². The Morgan fingerprint density at radius 2 is 1.38 bits per heavy atom. The molecule has 0 heterocycles. The van der Waals surface area contributed by atoms with E-state index in [1.807, 2.05) is 6.08 Å². The number of carbonyl (C=O) groups is 1. The zero-order valence-corrected chi connectivity index (χ0v) is 13.9. The Labute approximate surface area is 102 Å². The molecule has 0 aliphatic heterocycles. The van der Waals surface area contributed by atoms with Gasteiger partial charge in [0.15, 0.2) is 0 Å². The van der Waals surface area contributed by atoms with E-state index in [0.717, 1.165) is 0 Å². The molecule has 0 spiro atoms. The van der Waals surface area contributed by atoms with Crippen molar-refractivity contribution < 1.29 is 9.90 Å². The number of hydrogen-bond donors (Lipinski definition) is 1.